The van der Waals surface area contributed by atoms with E-state index in [0.29, 0.717) is 12.1 Å². The van der Waals surface area contributed by atoms with Gasteiger partial charge in [0.05, 0.1) is 16.7 Å². The van der Waals surface area contributed by atoms with Crippen LogP contribution in [0.3, 0.4) is 0 Å². The lowest BCUT2D eigenvalue weighted by Gasteiger charge is -2.07. The number of hydrogen-bond acceptors (Lipinski definition) is 4. The maximum Gasteiger partial charge on any atom is 0.416 e. The fraction of sp³-hybridized carbons (Fsp3) is 0.154. The van der Waals surface area contributed by atoms with E-state index in [2.05, 4.69) is 0 Å². The Labute approximate surface area is 118 Å². The number of Topliss-reactive ketones (excluding diaryl/α,β-unsaturated/α-hetero) is 1. The molecule has 21 heavy (non-hydrogen) atoms. The Morgan fingerprint density at radius 3 is 2.19 bits per heavy atom. The van der Waals surface area contributed by atoms with Crippen molar-refractivity contribution < 1.29 is 30.8 Å². The predicted molar refractivity (Wildman–Crippen MR) is 66.5 cm³/mol. The number of halogens is 3. The smallest absolute Gasteiger partial charge is 0.416 e. The third kappa shape index (κ3) is 3.52. The van der Waals surface area contributed by atoms with Gasteiger partial charge in [0.25, 0.3) is 0 Å². The predicted octanol–water partition coefficient (Wildman–Crippen LogP) is 2.96. The van der Waals surface area contributed by atoms with Gasteiger partial charge >= 0.3 is 6.18 Å². The van der Waals surface area contributed by atoms with Crippen LogP contribution in [0.15, 0.2) is 52.0 Å². The SMILES string of the molecule is O=C(CS(=O)(=O)c1ccc(C(F)(F)F)cc1)c1ccco1. The number of alkyl halides is 3. The second kappa shape index (κ2) is 5.36. The van der Waals surface area contributed by atoms with Gasteiger partial charge < -0.3 is 4.42 Å². The Kier molecular flexibility index (Phi) is 3.91. The molecule has 112 valence electrons. The molecular formula is C13H9F3O4S. The van der Waals surface area contributed by atoms with Crippen molar-refractivity contribution in [2.75, 3.05) is 5.75 Å². The Morgan fingerprint density at radius 2 is 1.71 bits per heavy atom. The Morgan fingerprint density at radius 1 is 1.10 bits per heavy atom. The van der Waals surface area contributed by atoms with Gasteiger partial charge in [-0.05, 0) is 36.4 Å². The van der Waals surface area contributed by atoms with E-state index in [1.807, 2.05) is 0 Å². The van der Waals surface area contributed by atoms with Crippen molar-refractivity contribution in [1.29, 1.82) is 0 Å². The van der Waals surface area contributed by atoms with E-state index in [-0.39, 0.29) is 10.7 Å². The summed E-state index contributed by atoms with van der Waals surface area (Å²) in [6.07, 6.45) is -3.33. The molecule has 0 N–H and O–H groups in total. The summed E-state index contributed by atoms with van der Waals surface area (Å²) in [5, 5.41) is 0. The average molecular weight is 318 g/mol. The minimum atomic E-state index is -4.55. The second-order valence-corrected chi connectivity index (χ2v) is 6.17. The molecule has 4 nitrogen and oxygen atoms in total. The summed E-state index contributed by atoms with van der Waals surface area (Å²) in [5.74, 6) is -1.75. The van der Waals surface area contributed by atoms with Gasteiger partial charge in [-0.1, -0.05) is 0 Å². The highest BCUT2D eigenvalue weighted by atomic mass is 32.2. The molecule has 0 radical (unpaired) electrons. The molecule has 0 aliphatic heterocycles. The molecule has 0 spiro atoms. The van der Waals surface area contributed by atoms with E-state index in [0.717, 1.165) is 12.1 Å². The summed E-state index contributed by atoms with van der Waals surface area (Å²) in [6, 6.07) is 5.71. The zero-order valence-corrected chi connectivity index (χ0v) is 11.2. The molecular weight excluding hydrogens is 309 g/mol. The Bertz CT molecular complexity index is 729. The van der Waals surface area contributed by atoms with Crippen molar-refractivity contribution in [3.8, 4) is 0 Å². The number of benzene rings is 1. The van der Waals surface area contributed by atoms with Crippen LogP contribution >= 0.6 is 0 Å². The first-order valence-electron chi connectivity index (χ1n) is 5.67. The van der Waals surface area contributed by atoms with Gasteiger partial charge in [0.2, 0.25) is 5.78 Å². The highest BCUT2D eigenvalue weighted by Crippen LogP contribution is 2.29. The number of carbonyl (C=O) groups excluding carboxylic acids is 1. The van der Waals surface area contributed by atoms with Gasteiger partial charge in [-0.3, -0.25) is 4.79 Å². The van der Waals surface area contributed by atoms with Gasteiger partial charge in [0, 0.05) is 0 Å². The zero-order chi connectivity index (χ0) is 15.7. The molecule has 0 aliphatic carbocycles. The number of rotatable bonds is 4. The van der Waals surface area contributed by atoms with Crippen LogP contribution in [0.25, 0.3) is 0 Å². The molecule has 1 aromatic heterocycles. The molecule has 0 fully saturated rings. The largest absolute Gasteiger partial charge is 0.461 e. The van der Waals surface area contributed by atoms with E-state index in [1.165, 1.54) is 18.4 Å². The zero-order valence-electron chi connectivity index (χ0n) is 10.4. The van der Waals surface area contributed by atoms with Crippen LogP contribution in [0, 0.1) is 0 Å². The van der Waals surface area contributed by atoms with Crippen LogP contribution in [0.1, 0.15) is 16.1 Å². The maximum atomic E-state index is 12.4. The average Bonchev–Trinajstić information content (AvgIpc) is 2.91. The first kappa shape index (κ1) is 15.3. The van der Waals surface area contributed by atoms with E-state index < -0.39 is 33.1 Å². The van der Waals surface area contributed by atoms with Gasteiger partial charge in [0.1, 0.15) is 5.75 Å². The van der Waals surface area contributed by atoms with Crippen LogP contribution in [0.5, 0.6) is 0 Å². The summed E-state index contributed by atoms with van der Waals surface area (Å²) in [6.45, 7) is 0. The Balaban J connectivity index is 2.22. The third-order valence-electron chi connectivity index (χ3n) is 2.66. The van der Waals surface area contributed by atoms with Crippen LogP contribution < -0.4 is 0 Å². The lowest BCUT2D eigenvalue weighted by atomic mass is 10.2. The molecule has 2 aromatic rings. The normalized spacial score (nSPS) is 12.3. The standard InChI is InChI=1S/C13H9F3O4S/c14-13(15,16)9-3-5-10(6-4-9)21(18,19)8-11(17)12-2-1-7-20-12/h1-7H,8H2. The molecule has 1 aromatic carbocycles. The molecule has 8 heteroatoms. The van der Waals surface area contributed by atoms with E-state index >= 15 is 0 Å². The van der Waals surface area contributed by atoms with E-state index in [9.17, 15) is 26.4 Å². The highest BCUT2D eigenvalue weighted by molar-refractivity contribution is 7.92. The quantitative estimate of drug-likeness (QED) is 0.813. The molecule has 0 atom stereocenters. The molecule has 0 saturated carbocycles. The van der Waals surface area contributed by atoms with Gasteiger partial charge in [-0.2, -0.15) is 13.2 Å². The van der Waals surface area contributed by atoms with E-state index in [1.54, 1.807) is 0 Å². The van der Waals surface area contributed by atoms with Crippen molar-refractivity contribution in [1.82, 2.24) is 0 Å². The molecule has 0 aliphatic rings. The third-order valence-corrected chi connectivity index (χ3v) is 4.29. The summed E-state index contributed by atoms with van der Waals surface area (Å²) < 4.78 is 65.9. The monoisotopic (exact) mass is 318 g/mol. The van der Waals surface area contributed by atoms with E-state index in [4.69, 9.17) is 4.42 Å². The van der Waals surface area contributed by atoms with Crippen molar-refractivity contribution >= 4 is 15.6 Å². The summed E-state index contributed by atoms with van der Waals surface area (Å²) in [7, 11) is -4.02. The minimum absolute atomic E-state index is 0.120. The number of ketones is 1. The Hall–Kier alpha value is -2.09. The number of hydrogen-bond donors (Lipinski definition) is 0. The van der Waals surface area contributed by atoms with Crippen molar-refractivity contribution in [3.63, 3.8) is 0 Å². The molecule has 0 unspecified atom stereocenters. The van der Waals surface area contributed by atoms with Crippen LogP contribution in [-0.2, 0) is 16.0 Å². The molecule has 1 heterocycles. The first-order valence-corrected chi connectivity index (χ1v) is 7.32. The highest BCUT2D eigenvalue weighted by Gasteiger charge is 2.31. The number of carbonyl (C=O) groups is 1. The topological polar surface area (TPSA) is 64.3 Å². The number of sulfone groups is 1. The summed E-state index contributed by atoms with van der Waals surface area (Å²) in [4.78, 5) is 11.3. The van der Waals surface area contributed by atoms with Crippen molar-refractivity contribution in [2.45, 2.75) is 11.1 Å². The first-order chi connectivity index (χ1) is 9.70. The van der Waals surface area contributed by atoms with Gasteiger partial charge in [-0.15, -0.1) is 0 Å². The van der Waals surface area contributed by atoms with Crippen LogP contribution in [-0.4, -0.2) is 20.0 Å². The summed E-state index contributed by atoms with van der Waals surface area (Å²) >= 11 is 0. The number of furan rings is 1. The second-order valence-electron chi connectivity index (χ2n) is 4.18. The van der Waals surface area contributed by atoms with Crippen molar-refractivity contribution in [2.24, 2.45) is 0 Å². The molecule has 0 amide bonds. The van der Waals surface area contributed by atoms with Crippen molar-refractivity contribution in [3.05, 3.63) is 54.0 Å². The maximum absolute atomic E-state index is 12.4. The fourth-order valence-electron chi connectivity index (χ4n) is 1.62. The molecule has 0 bridgehead atoms. The summed E-state index contributed by atoms with van der Waals surface area (Å²) in [5.41, 5.74) is -0.959. The lowest BCUT2D eigenvalue weighted by Crippen LogP contribution is -2.16. The van der Waals surface area contributed by atoms with Crippen LogP contribution in [0.4, 0.5) is 13.2 Å². The fourth-order valence-corrected chi connectivity index (χ4v) is 2.82. The van der Waals surface area contributed by atoms with Crippen LogP contribution in [0.2, 0.25) is 0 Å². The van der Waals surface area contributed by atoms with Gasteiger partial charge in [0.15, 0.2) is 15.6 Å². The molecule has 2 rings (SSSR count). The lowest BCUT2D eigenvalue weighted by molar-refractivity contribution is -0.137. The molecule has 0 saturated heterocycles. The van der Waals surface area contributed by atoms with Gasteiger partial charge in [-0.25, -0.2) is 8.42 Å². The minimum Gasteiger partial charge on any atom is -0.461 e.